The molecule has 1 aliphatic rings. The van der Waals surface area contributed by atoms with Crippen LogP contribution in [0.4, 0.5) is 0 Å². The van der Waals surface area contributed by atoms with Crippen molar-refractivity contribution in [1.29, 1.82) is 0 Å². The molecule has 1 amide bonds. The van der Waals surface area contributed by atoms with Crippen molar-refractivity contribution in [2.24, 2.45) is 11.8 Å². The highest BCUT2D eigenvalue weighted by Crippen LogP contribution is 2.29. The van der Waals surface area contributed by atoms with E-state index in [1.54, 1.807) is 7.05 Å². The normalized spacial score (nSPS) is 26.3. The van der Waals surface area contributed by atoms with Crippen LogP contribution in [0.2, 0.25) is 0 Å². The number of carbonyl (C=O) groups is 1. The largest absolute Gasteiger partial charge is 0.355 e. The first-order valence-electron chi connectivity index (χ1n) is 6.17. The fourth-order valence-corrected chi connectivity index (χ4v) is 2.33. The second-order valence-corrected chi connectivity index (χ2v) is 4.63. The lowest BCUT2D eigenvalue weighted by Crippen LogP contribution is -2.36. The van der Waals surface area contributed by atoms with Crippen molar-refractivity contribution in [2.75, 3.05) is 20.1 Å². The molecule has 0 unspecified atom stereocenters. The quantitative estimate of drug-likeness (QED) is 0.726. The van der Waals surface area contributed by atoms with Crippen LogP contribution in [0.3, 0.4) is 0 Å². The van der Waals surface area contributed by atoms with Crippen molar-refractivity contribution in [3.8, 4) is 0 Å². The van der Waals surface area contributed by atoms with Gasteiger partial charge in [-0.15, -0.1) is 0 Å². The molecule has 3 nitrogen and oxygen atoms in total. The van der Waals surface area contributed by atoms with E-state index in [9.17, 15) is 4.79 Å². The van der Waals surface area contributed by atoms with Gasteiger partial charge in [0.15, 0.2) is 0 Å². The Labute approximate surface area is 93.0 Å². The van der Waals surface area contributed by atoms with Gasteiger partial charge in [-0.3, -0.25) is 4.79 Å². The topological polar surface area (TPSA) is 41.1 Å². The molecule has 15 heavy (non-hydrogen) atoms. The van der Waals surface area contributed by atoms with Crippen molar-refractivity contribution in [2.45, 2.75) is 39.0 Å². The molecule has 0 bridgehead atoms. The summed E-state index contributed by atoms with van der Waals surface area (Å²) in [6.07, 6.45) is 6.60. The van der Waals surface area contributed by atoms with Crippen LogP contribution in [-0.4, -0.2) is 26.0 Å². The van der Waals surface area contributed by atoms with E-state index in [0.717, 1.165) is 12.5 Å². The van der Waals surface area contributed by atoms with Gasteiger partial charge >= 0.3 is 0 Å². The molecule has 0 aliphatic heterocycles. The number of hydrogen-bond acceptors (Lipinski definition) is 2. The number of nitrogens with one attached hydrogen (secondary N) is 2. The Bertz CT molecular complexity index is 186. The van der Waals surface area contributed by atoms with Gasteiger partial charge in [0, 0.05) is 6.54 Å². The molecule has 0 spiro atoms. The van der Waals surface area contributed by atoms with E-state index in [1.165, 1.54) is 32.1 Å². The predicted molar refractivity (Wildman–Crippen MR) is 62.7 cm³/mol. The minimum absolute atomic E-state index is 0.120. The fourth-order valence-electron chi connectivity index (χ4n) is 2.33. The van der Waals surface area contributed by atoms with Crippen molar-refractivity contribution >= 4 is 5.91 Å². The van der Waals surface area contributed by atoms with Crippen LogP contribution < -0.4 is 10.6 Å². The third-order valence-electron chi connectivity index (χ3n) is 3.47. The van der Waals surface area contributed by atoms with Crippen molar-refractivity contribution < 1.29 is 4.79 Å². The van der Waals surface area contributed by atoms with Gasteiger partial charge in [0.05, 0.1) is 6.54 Å². The second-order valence-electron chi connectivity index (χ2n) is 4.63. The number of hydrogen-bond donors (Lipinski definition) is 2. The van der Waals surface area contributed by atoms with Crippen LogP contribution in [0.15, 0.2) is 0 Å². The molecule has 1 saturated carbocycles. The van der Waals surface area contributed by atoms with E-state index in [-0.39, 0.29) is 5.91 Å². The third kappa shape index (κ3) is 4.65. The maximum Gasteiger partial charge on any atom is 0.233 e. The maximum atomic E-state index is 11.2. The van der Waals surface area contributed by atoms with Gasteiger partial charge in [-0.05, 0) is 31.7 Å². The summed E-state index contributed by atoms with van der Waals surface area (Å²) in [5, 5.41) is 5.84. The molecule has 2 N–H and O–H groups in total. The monoisotopic (exact) mass is 212 g/mol. The van der Waals surface area contributed by atoms with Gasteiger partial charge in [-0.1, -0.05) is 26.2 Å². The van der Waals surface area contributed by atoms with Crippen molar-refractivity contribution in [3.63, 3.8) is 0 Å². The Kier molecular flexibility index (Phi) is 5.69. The average Bonchev–Trinajstić information content (AvgIpc) is 2.27. The summed E-state index contributed by atoms with van der Waals surface area (Å²) in [7, 11) is 1.80. The summed E-state index contributed by atoms with van der Waals surface area (Å²) in [5.74, 6) is 1.78. The molecule has 0 aromatic carbocycles. The molecule has 0 atom stereocenters. The highest BCUT2D eigenvalue weighted by Gasteiger charge is 2.19. The van der Waals surface area contributed by atoms with Gasteiger partial charge in [0.25, 0.3) is 0 Å². The first kappa shape index (κ1) is 12.5. The molecular formula is C12H24N2O. The van der Waals surface area contributed by atoms with E-state index in [4.69, 9.17) is 0 Å². The predicted octanol–water partition coefficient (Wildman–Crippen LogP) is 1.54. The Balaban J connectivity index is 2.10. The van der Waals surface area contributed by atoms with Crippen molar-refractivity contribution in [3.05, 3.63) is 0 Å². The summed E-state index contributed by atoms with van der Waals surface area (Å²) in [6, 6.07) is 0. The molecule has 0 aromatic heterocycles. The Morgan fingerprint density at radius 3 is 2.33 bits per heavy atom. The minimum Gasteiger partial charge on any atom is -0.355 e. The lowest BCUT2D eigenvalue weighted by atomic mass is 9.81. The summed E-state index contributed by atoms with van der Waals surface area (Å²) in [6.45, 7) is 3.58. The van der Waals surface area contributed by atoms with Crippen LogP contribution in [-0.2, 0) is 4.79 Å². The minimum atomic E-state index is 0.120. The summed E-state index contributed by atoms with van der Waals surface area (Å²) < 4.78 is 0. The highest BCUT2D eigenvalue weighted by atomic mass is 16.1. The zero-order valence-corrected chi connectivity index (χ0v) is 10.0. The smallest absolute Gasteiger partial charge is 0.233 e. The van der Waals surface area contributed by atoms with Gasteiger partial charge in [-0.2, -0.15) is 0 Å². The molecule has 1 rings (SSSR count). The first-order valence-corrected chi connectivity index (χ1v) is 6.17. The van der Waals surface area contributed by atoms with E-state index in [0.29, 0.717) is 12.5 Å². The fraction of sp³-hybridized carbons (Fsp3) is 0.917. The van der Waals surface area contributed by atoms with Crippen LogP contribution >= 0.6 is 0 Å². The maximum absolute atomic E-state index is 11.2. The first-order chi connectivity index (χ1) is 7.26. The molecule has 1 aliphatic carbocycles. The SMILES string of the molecule is CCC1CCC(CNC(=O)CNC)CC1. The van der Waals surface area contributed by atoms with Gasteiger partial charge < -0.3 is 10.6 Å². The van der Waals surface area contributed by atoms with E-state index in [2.05, 4.69) is 17.6 Å². The zero-order valence-electron chi connectivity index (χ0n) is 10.0. The molecule has 0 saturated heterocycles. The third-order valence-corrected chi connectivity index (χ3v) is 3.47. The number of amides is 1. The lowest BCUT2D eigenvalue weighted by molar-refractivity contribution is -0.120. The average molecular weight is 212 g/mol. The molecule has 88 valence electrons. The van der Waals surface area contributed by atoms with Gasteiger partial charge in [-0.25, -0.2) is 0 Å². The van der Waals surface area contributed by atoms with E-state index in [1.807, 2.05) is 0 Å². The number of likely N-dealkylation sites (N-methyl/N-ethyl adjacent to an activating group) is 1. The van der Waals surface area contributed by atoms with Gasteiger partial charge in [0.1, 0.15) is 0 Å². The van der Waals surface area contributed by atoms with Gasteiger partial charge in [0.2, 0.25) is 5.91 Å². The molecule has 1 fully saturated rings. The van der Waals surface area contributed by atoms with E-state index >= 15 is 0 Å². The van der Waals surface area contributed by atoms with Crippen LogP contribution in [0.1, 0.15) is 39.0 Å². The van der Waals surface area contributed by atoms with E-state index < -0.39 is 0 Å². The highest BCUT2D eigenvalue weighted by molar-refractivity contribution is 5.77. The number of carbonyl (C=O) groups excluding carboxylic acids is 1. The Hall–Kier alpha value is -0.570. The zero-order chi connectivity index (χ0) is 11.1. The summed E-state index contributed by atoms with van der Waals surface area (Å²) >= 11 is 0. The lowest BCUT2D eigenvalue weighted by Gasteiger charge is -2.27. The van der Waals surface area contributed by atoms with Crippen molar-refractivity contribution in [1.82, 2.24) is 10.6 Å². The standard InChI is InChI=1S/C12H24N2O/c1-3-10-4-6-11(7-5-10)8-14-12(15)9-13-2/h10-11,13H,3-9H2,1-2H3,(H,14,15). The molecular weight excluding hydrogens is 188 g/mol. The molecule has 0 aromatic rings. The second kappa shape index (κ2) is 6.83. The van der Waals surface area contributed by atoms with Crippen LogP contribution in [0.25, 0.3) is 0 Å². The van der Waals surface area contributed by atoms with Crippen LogP contribution in [0.5, 0.6) is 0 Å². The summed E-state index contributed by atoms with van der Waals surface area (Å²) in [4.78, 5) is 11.2. The summed E-state index contributed by atoms with van der Waals surface area (Å²) in [5.41, 5.74) is 0. The molecule has 3 heteroatoms. The molecule has 0 heterocycles. The number of rotatable bonds is 5. The Morgan fingerprint density at radius 1 is 1.20 bits per heavy atom. The Morgan fingerprint density at radius 2 is 1.80 bits per heavy atom. The van der Waals surface area contributed by atoms with Crippen LogP contribution in [0, 0.1) is 11.8 Å². The molecule has 0 radical (unpaired) electrons.